The Kier molecular flexibility index (Phi) is 8.01. The van der Waals surface area contributed by atoms with Crippen molar-refractivity contribution >= 4 is 23.7 Å². The molecule has 0 saturated carbocycles. The van der Waals surface area contributed by atoms with E-state index in [0.717, 1.165) is 5.56 Å². The van der Waals surface area contributed by atoms with Gasteiger partial charge in [0.1, 0.15) is 0 Å². The largest absolute Gasteiger partial charge is 0.493 e. The van der Waals surface area contributed by atoms with Crippen LogP contribution >= 0.6 is 11.6 Å². The summed E-state index contributed by atoms with van der Waals surface area (Å²) >= 11 is 5.81. The minimum absolute atomic E-state index is 0.0921. The summed E-state index contributed by atoms with van der Waals surface area (Å²) in [6, 6.07) is 11.4. The number of oxime groups is 1. The lowest BCUT2D eigenvalue weighted by Gasteiger charge is -2.11. The second kappa shape index (κ2) is 10.5. The fourth-order valence-electron chi connectivity index (χ4n) is 2.12. The number of nitrogens with one attached hydrogen (secondary N) is 1. The van der Waals surface area contributed by atoms with E-state index in [0.29, 0.717) is 17.1 Å². The molecule has 2 aromatic carbocycles. The maximum atomic E-state index is 12.3. The van der Waals surface area contributed by atoms with Crippen LogP contribution in [0.1, 0.15) is 18.1 Å². The number of halogens is 3. The zero-order valence-corrected chi connectivity index (χ0v) is 16.0. The zero-order valence-electron chi connectivity index (χ0n) is 15.2. The van der Waals surface area contributed by atoms with Gasteiger partial charge in [0, 0.05) is 17.1 Å². The molecule has 9 heteroatoms. The van der Waals surface area contributed by atoms with E-state index in [1.807, 2.05) is 0 Å². The first-order valence-corrected chi connectivity index (χ1v) is 8.61. The van der Waals surface area contributed by atoms with Gasteiger partial charge in [-0.15, -0.1) is 0 Å². The van der Waals surface area contributed by atoms with Gasteiger partial charge in [0.2, 0.25) is 6.10 Å². The Balaban J connectivity index is 1.86. The van der Waals surface area contributed by atoms with Crippen LogP contribution in [0.5, 0.6) is 11.5 Å². The minimum Gasteiger partial charge on any atom is -0.493 e. The Morgan fingerprint density at radius 2 is 1.93 bits per heavy atom. The van der Waals surface area contributed by atoms with Gasteiger partial charge in [0.05, 0.1) is 13.3 Å². The number of benzene rings is 2. The first-order chi connectivity index (χ1) is 13.4. The average molecular weight is 413 g/mol. The van der Waals surface area contributed by atoms with Gasteiger partial charge in [-0.25, -0.2) is 0 Å². The van der Waals surface area contributed by atoms with Gasteiger partial charge in [-0.3, -0.25) is 4.79 Å². The third-order valence-electron chi connectivity index (χ3n) is 3.57. The van der Waals surface area contributed by atoms with Gasteiger partial charge in [-0.05, 0) is 42.8 Å². The molecule has 0 aromatic heterocycles. The maximum Gasteiger partial charge on any atom is 0.387 e. The van der Waals surface area contributed by atoms with Crippen molar-refractivity contribution in [2.45, 2.75) is 26.2 Å². The average Bonchev–Trinajstić information content (AvgIpc) is 2.67. The number of nitrogens with zero attached hydrogens (tertiary/aromatic N) is 1. The molecular formula is C19H19ClF2N2O4. The molecule has 1 amide bonds. The highest BCUT2D eigenvalue weighted by atomic mass is 35.5. The van der Waals surface area contributed by atoms with Gasteiger partial charge in [-0.2, -0.15) is 8.78 Å². The highest BCUT2D eigenvalue weighted by molar-refractivity contribution is 6.30. The molecule has 0 heterocycles. The fourth-order valence-corrected chi connectivity index (χ4v) is 2.25. The van der Waals surface area contributed by atoms with Gasteiger partial charge >= 0.3 is 6.61 Å². The van der Waals surface area contributed by atoms with E-state index in [9.17, 15) is 13.6 Å². The Bertz CT molecular complexity index is 816. The summed E-state index contributed by atoms with van der Waals surface area (Å²) in [7, 11) is 1.33. The van der Waals surface area contributed by atoms with Crippen LogP contribution in [0.3, 0.4) is 0 Å². The van der Waals surface area contributed by atoms with E-state index in [-0.39, 0.29) is 17.4 Å². The van der Waals surface area contributed by atoms with Crippen molar-refractivity contribution in [3.05, 3.63) is 58.6 Å². The van der Waals surface area contributed by atoms with E-state index in [1.54, 1.807) is 31.2 Å². The standard InChI is InChI=1S/C19H19ClF2N2O4/c1-12(18(25)23-10-13-3-6-15(20)7-4-13)28-24-11-14-5-8-16(27-19(21)22)17(9-14)26-2/h3-9,11-12,19H,10H2,1-2H3,(H,23,25)/b24-11+. The molecule has 6 nitrogen and oxygen atoms in total. The molecule has 0 aliphatic heterocycles. The van der Waals surface area contributed by atoms with Crippen LogP contribution in [0.25, 0.3) is 0 Å². The molecule has 150 valence electrons. The van der Waals surface area contributed by atoms with Crippen molar-refractivity contribution < 1.29 is 27.9 Å². The van der Waals surface area contributed by atoms with E-state index in [1.165, 1.54) is 31.5 Å². The Morgan fingerprint density at radius 1 is 1.21 bits per heavy atom. The highest BCUT2D eigenvalue weighted by Gasteiger charge is 2.14. The molecule has 0 fully saturated rings. The number of carbonyl (C=O) groups is 1. The SMILES string of the molecule is COc1cc(/C=N/OC(C)C(=O)NCc2ccc(Cl)cc2)ccc1OC(F)F. The summed E-state index contributed by atoms with van der Waals surface area (Å²) in [5.74, 6) is -0.311. The monoisotopic (exact) mass is 412 g/mol. The van der Waals surface area contributed by atoms with Crippen LogP contribution in [0.2, 0.25) is 5.02 Å². The first kappa shape index (κ1) is 21.4. The number of rotatable bonds is 9. The normalized spacial score (nSPS) is 12.1. The number of hydrogen-bond acceptors (Lipinski definition) is 5. The van der Waals surface area contributed by atoms with Crippen molar-refractivity contribution in [2.24, 2.45) is 5.16 Å². The highest BCUT2D eigenvalue weighted by Crippen LogP contribution is 2.28. The summed E-state index contributed by atoms with van der Waals surface area (Å²) in [4.78, 5) is 17.2. The van der Waals surface area contributed by atoms with E-state index >= 15 is 0 Å². The van der Waals surface area contributed by atoms with E-state index in [2.05, 4.69) is 15.2 Å². The molecule has 1 unspecified atom stereocenters. The summed E-state index contributed by atoms with van der Waals surface area (Å²) in [6.45, 7) is -1.07. The molecule has 0 radical (unpaired) electrons. The molecule has 0 aliphatic rings. The lowest BCUT2D eigenvalue weighted by Crippen LogP contribution is -2.33. The van der Waals surface area contributed by atoms with Crippen LogP contribution in [0.15, 0.2) is 47.6 Å². The lowest BCUT2D eigenvalue weighted by molar-refractivity contribution is -0.131. The van der Waals surface area contributed by atoms with Crippen LogP contribution in [0.4, 0.5) is 8.78 Å². The van der Waals surface area contributed by atoms with Gasteiger partial charge in [0.15, 0.2) is 11.5 Å². The molecule has 2 rings (SSSR count). The van der Waals surface area contributed by atoms with Crippen LogP contribution in [0, 0.1) is 0 Å². The summed E-state index contributed by atoms with van der Waals surface area (Å²) in [5, 5.41) is 7.09. The number of alkyl halides is 2. The molecule has 2 aromatic rings. The molecule has 1 atom stereocenters. The predicted molar refractivity (Wildman–Crippen MR) is 101 cm³/mol. The summed E-state index contributed by atoms with van der Waals surface area (Å²) in [6.07, 6.45) is 0.504. The number of methoxy groups -OCH3 is 1. The lowest BCUT2D eigenvalue weighted by atomic mass is 10.2. The van der Waals surface area contributed by atoms with Crippen LogP contribution < -0.4 is 14.8 Å². The van der Waals surface area contributed by atoms with Crippen molar-refractivity contribution in [2.75, 3.05) is 7.11 Å². The van der Waals surface area contributed by atoms with Crippen molar-refractivity contribution in [1.29, 1.82) is 0 Å². The Labute approximate surface area is 166 Å². The van der Waals surface area contributed by atoms with Crippen molar-refractivity contribution in [3.8, 4) is 11.5 Å². The molecular weight excluding hydrogens is 394 g/mol. The van der Waals surface area contributed by atoms with Crippen LogP contribution in [-0.4, -0.2) is 31.9 Å². The van der Waals surface area contributed by atoms with Crippen molar-refractivity contribution in [3.63, 3.8) is 0 Å². The Morgan fingerprint density at radius 3 is 2.57 bits per heavy atom. The molecule has 28 heavy (non-hydrogen) atoms. The zero-order chi connectivity index (χ0) is 20.5. The number of ether oxygens (including phenoxy) is 2. The molecule has 0 saturated heterocycles. The fraction of sp³-hybridized carbons (Fsp3) is 0.263. The first-order valence-electron chi connectivity index (χ1n) is 8.23. The number of hydrogen-bond donors (Lipinski definition) is 1. The van der Waals surface area contributed by atoms with Crippen LogP contribution in [-0.2, 0) is 16.2 Å². The van der Waals surface area contributed by atoms with Gasteiger partial charge < -0.3 is 19.6 Å². The topological polar surface area (TPSA) is 69.2 Å². The van der Waals surface area contributed by atoms with Gasteiger partial charge in [-0.1, -0.05) is 28.9 Å². The Hall–Kier alpha value is -2.87. The maximum absolute atomic E-state index is 12.3. The smallest absolute Gasteiger partial charge is 0.387 e. The molecule has 1 N–H and O–H groups in total. The second-order valence-corrected chi connectivity index (χ2v) is 6.05. The molecule has 0 spiro atoms. The van der Waals surface area contributed by atoms with Crippen molar-refractivity contribution in [1.82, 2.24) is 5.32 Å². The summed E-state index contributed by atoms with van der Waals surface area (Å²) in [5.41, 5.74) is 1.42. The minimum atomic E-state index is -2.95. The second-order valence-electron chi connectivity index (χ2n) is 5.62. The number of carbonyl (C=O) groups excluding carboxylic acids is 1. The predicted octanol–water partition coefficient (Wildman–Crippen LogP) is 4.01. The van der Waals surface area contributed by atoms with E-state index < -0.39 is 12.7 Å². The quantitative estimate of drug-likeness (QED) is 0.499. The third kappa shape index (κ3) is 6.70. The van der Waals surface area contributed by atoms with E-state index in [4.69, 9.17) is 21.2 Å². The van der Waals surface area contributed by atoms with Gasteiger partial charge in [0.25, 0.3) is 5.91 Å². The summed E-state index contributed by atoms with van der Waals surface area (Å²) < 4.78 is 34.0. The number of amides is 1. The third-order valence-corrected chi connectivity index (χ3v) is 3.83. The molecule has 0 aliphatic carbocycles. The molecule has 0 bridgehead atoms.